The molecule has 4 heteroatoms. The van der Waals surface area contributed by atoms with Crippen molar-refractivity contribution in [1.29, 1.82) is 0 Å². The lowest BCUT2D eigenvalue weighted by Gasteiger charge is -2.48. The van der Waals surface area contributed by atoms with Gasteiger partial charge in [0.15, 0.2) is 0 Å². The zero-order chi connectivity index (χ0) is 13.2. The molecule has 4 nitrogen and oxygen atoms in total. The maximum atomic E-state index is 11.6. The van der Waals surface area contributed by atoms with Crippen LogP contribution in [0.2, 0.25) is 0 Å². The summed E-state index contributed by atoms with van der Waals surface area (Å²) >= 11 is 0. The third kappa shape index (κ3) is 2.79. The lowest BCUT2D eigenvalue weighted by Crippen LogP contribution is -2.57. The van der Waals surface area contributed by atoms with E-state index in [2.05, 4.69) is 10.2 Å². The summed E-state index contributed by atoms with van der Waals surface area (Å²) in [7, 11) is 0. The van der Waals surface area contributed by atoms with E-state index in [4.69, 9.17) is 0 Å². The van der Waals surface area contributed by atoms with Crippen molar-refractivity contribution in [1.82, 2.24) is 10.2 Å². The normalized spacial score (nSPS) is 40.6. The van der Waals surface area contributed by atoms with Gasteiger partial charge in [-0.2, -0.15) is 0 Å². The Kier molecular flexibility index (Phi) is 4.08. The van der Waals surface area contributed by atoms with Gasteiger partial charge in [0.2, 0.25) is 0 Å². The molecule has 4 atom stereocenters. The van der Waals surface area contributed by atoms with Crippen LogP contribution in [0.3, 0.4) is 0 Å². The van der Waals surface area contributed by atoms with Crippen molar-refractivity contribution in [2.75, 3.05) is 19.6 Å². The molecule has 3 aliphatic rings. The van der Waals surface area contributed by atoms with Crippen LogP contribution in [-0.2, 0) is 4.79 Å². The van der Waals surface area contributed by atoms with Crippen molar-refractivity contribution in [3.63, 3.8) is 0 Å². The minimum atomic E-state index is -0.572. The van der Waals surface area contributed by atoms with Crippen molar-refractivity contribution in [2.24, 2.45) is 11.8 Å². The van der Waals surface area contributed by atoms with Gasteiger partial charge < -0.3 is 10.4 Å². The van der Waals surface area contributed by atoms with Crippen molar-refractivity contribution >= 4 is 5.97 Å². The first-order valence-corrected chi connectivity index (χ1v) is 7.96. The Labute approximate surface area is 115 Å². The molecule has 3 fully saturated rings. The molecule has 0 aliphatic carbocycles. The number of nitrogens with zero attached hydrogens (tertiary/aromatic N) is 1. The van der Waals surface area contributed by atoms with Crippen LogP contribution in [0.1, 0.15) is 44.9 Å². The van der Waals surface area contributed by atoms with E-state index in [9.17, 15) is 9.90 Å². The lowest BCUT2D eigenvalue weighted by atomic mass is 9.75. The van der Waals surface area contributed by atoms with Gasteiger partial charge in [0.25, 0.3) is 0 Å². The minimum Gasteiger partial charge on any atom is -0.481 e. The Balaban J connectivity index is 1.71. The molecule has 0 aromatic carbocycles. The summed E-state index contributed by atoms with van der Waals surface area (Å²) in [5, 5.41) is 13.2. The Hall–Kier alpha value is -0.610. The van der Waals surface area contributed by atoms with E-state index in [1.807, 2.05) is 0 Å². The summed E-state index contributed by atoms with van der Waals surface area (Å²) < 4.78 is 0. The van der Waals surface area contributed by atoms with Crippen molar-refractivity contribution in [3.8, 4) is 0 Å². The number of nitrogens with one attached hydrogen (secondary N) is 1. The predicted molar refractivity (Wildman–Crippen MR) is 74.1 cm³/mol. The van der Waals surface area contributed by atoms with Crippen LogP contribution in [0.25, 0.3) is 0 Å². The van der Waals surface area contributed by atoms with E-state index in [-0.39, 0.29) is 5.92 Å². The number of aliphatic carboxylic acids is 1. The van der Waals surface area contributed by atoms with E-state index in [0.717, 1.165) is 32.5 Å². The standard InChI is InChI=1S/C15H26N2O2/c18-15(19)12-9-11(13-5-1-3-7-16-13)10-17-8-4-2-6-14(12)17/h11-14,16H,1-10H2,(H,18,19)/t11-,12+,13+,14-/m0/s1. The molecule has 3 rings (SSSR count). The third-order valence-corrected chi connectivity index (χ3v) is 5.39. The molecule has 0 spiro atoms. The molecule has 0 amide bonds. The van der Waals surface area contributed by atoms with Crippen LogP contribution >= 0.6 is 0 Å². The third-order valence-electron chi connectivity index (χ3n) is 5.39. The zero-order valence-corrected chi connectivity index (χ0v) is 11.7. The van der Waals surface area contributed by atoms with Gasteiger partial charge in [-0.05, 0) is 51.1 Å². The summed E-state index contributed by atoms with van der Waals surface area (Å²) in [6.07, 6.45) is 8.23. The van der Waals surface area contributed by atoms with Crippen LogP contribution in [0.4, 0.5) is 0 Å². The maximum absolute atomic E-state index is 11.6. The average Bonchev–Trinajstić information content (AvgIpc) is 2.47. The quantitative estimate of drug-likeness (QED) is 0.799. The largest absolute Gasteiger partial charge is 0.481 e. The van der Waals surface area contributed by atoms with Gasteiger partial charge in [0.05, 0.1) is 5.92 Å². The fourth-order valence-electron chi connectivity index (χ4n) is 4.40. The Morgan fingerprint density at radius 2 is 2.00 bits per heavy atom. The number of carboxylic acids is 1. The van der Waals surface area contributed by atoms with Gasteiger partial charge >= 0.3 is 5.97 Å². The molecule has 3 saturated heterocycles. The predicted octanol–water partition coefficient (Wildman–Crippen LogP) is 1.70. The highest BCUT2D eigenvalue weighted by Crippen LogP contribution is 2.36. The highest BCUT2D eigenvalue weighted by atomic mass is 16.4. The molecule has 0 bridgehead atoms. The fourth-order valence-corrected chi connectivity index (χ4v) is 4.40. The average molecular weight is 266 g/mol. The first-order valence-electron chi connectivity index (χ1n) is 7.96. The number of rotatable bonds is 2. The van der Waals surface area contributed by atoms with Gasteiger partial charge in [-0.1, -0.05) is 12.8 Å². The second kappa shape index (κ2) is 5.80. The minimum absolute atomic E-state index is 0.136. The van der Waals surface area contributed by atoms with Crippen LogP contribution in [0.15, 0.2) is 0 Å². The summed E-state index contributed by atoms with van der Waals surface area (Å²) in [6.45, 7) is 3.34. The smallest absolute Gasteiger partial charge is 0.308 e. The van der Waals surface area contributed by atoms with Gasteiger partial charge in [0, 0.05) is 18.6 Å². The Morgan fingerprint density at radius 1 is 1.16 bits per heavy atom. The molecule has 3 heterocycles. The molecule has 3 aliphatic heterocycles. The number of piperidine rings is 3. The number of carboxylic acid groups (broad SMARTS) is 1. The van der Waals surface area contributed by atoms with Crippen molar-refractivity contribution < 1.29 is 9.90 Å². The summed E-state index contributed by atoms with van der Waals surface area (Å²) in [4.78, 5) is 14.1. The van der Waals surface area contributed by atoms with Gasteiger partial charge in [0.1, 0.15) is 0 Å². The zero-order valence-electron chi connectivity index (χ0n) is 11.7. The fraction of sp³-hybridized carbons (Fsp3) is 0.933. The van der Waals surface area contributed by atoms with Crippen LogP contribution < -0.4 is 5.32 Å². The summed E-state index contributed by atoms with van der Waals surface area (Å²) in [5.41, 5.74) is 0. The second-order valence-corrected chi connectivity index (χ2v) is 6.55. The molecule has 19 heavy (non-hydrogen) atoms. The Morgan fingerprint density at radius 3 is 2.74 bits per heavy atom. The molecule has 0 saturated carbocycles. The topological polar surface area (TPSA) is 52.6 Å². The molecular formula is C15H26N2O2. The van der Waals surface area contributed by atoms with E-state index in [1.54, 1.807) is 0 Å². The monoisotopic (exact) mass is 266 g/mol. The van der Waals surface area contributed by atoms with E-state index in [1.165, 1.54) is 32.1 Å². The molecular weight excluding hydrogens is 240 g/mol. The van der Waals surface area contributed by atoms with Gasteiger partial charge in [-0.15, -0.1) is 0 Å². The summed E-state index contributed by atoms with van der Waals surface area (Å²) in [6, 6.07) is 0.865. The van der Waals surface area contributed by atoms with E-state index in [0.29, 0.717) is 18.0 Å². The molecule has 0 radical (unpaired) electrons. The van der Waals surface area contributed by atoms with Crippen LogP contribution in [0, 0.1) is 11.8 Å². The van der Waals surface area contributed by atoms with E-state index < -0.39 is 5.97 Å². The van der Waals surface area contributed by atoms with Gasteiger partial charge in [-0.25, -0.2) is 0 Å². The maximum Gasteiger partial charge on any atom is 0.308 e. The second-order valence-electron chi connectivity index (χ2n) is 6.55. The molecule has 2 N–H and O–H groups in total. The van der Waals surface area contributed by atoms with Gasteiger partial charge in [-0.3, -0.25) is 9.69 Å². The first kappa shape index (κ1) is 13.4. The molecule has 108 valence electrons. The number of hydrogen-bond acceptors (Lipinski definition) is 3. The highest BCUT2D eigenvalue weighted by Gasteiger charge is 2.43. The highest BCUT2D eigenvalue weighted by molar-refractivity contribution is 5.71. The van der Waals surface area contributed by atoms with Crippen molar-refractivity contribution in [2.45, 2.75) is 57.0 Å². The number of carbonyl (C=O) groups is 1. The summed E-state index contributed by atoms with van der Waals surface area (Å²) in [5.74, 6) is -0.170. The Bertz CT molecular complexity index is 328. The van der Waals surface area contributed by atoms with E-state index >= 15 is 0 Å². The number of hydrogen-bond donors (Lipinski definition) is 2. The van der Waals surface area contributed by atoms with Crippen molar-refractivity contribution in [3.05, 3.63) is 0 Å². The first-order chi connectivity index (χ1) is 9.25. The lowest BCUT2D eigenvalue weighted by molar-refractivity contribution is -0.148. The number of fused-ring (bicyclic) bond motifs is 1. The molecule has 0 aromatic heterocycles. The SMILES string of the molecule is O=C(O)[C@@H]1C[C@H]([C@H]2CCCCN2)CN2CCCC[C@@H]12. The van der Waals surface area contributed by atoms with Crippen LogP contribution in [-0.4, -0.2) is 47.7 Å². The molecule has 0 aromatic rings. The van der Waals surface area contributed by atoms with Crippen LogP contribution in [0.5, 0.6) is 0 Å². The molecule has 0 unspecified atom stereocenters.